The quantitative estimate of drug-likeness (QED) is 0.588. The topological polar surface area (TPSA) is 68.8 Å². The molecule has 0 aliphatic carbocycles. The van der Waals surface area contributed by atoms with Crippen LogP contribution in [-0.4, -0.2) is 27.2 Å². The van der Waals surface area contributed by atoms with Gasteiger partial charge in [0, 0.05) is 17.3 Å². The number of hydrogen-bond acceptors (Lipinski definition) is 5. The third-order valence-electron chi connectivity index (χ3n) is 4.94. The van der Waals surface area contributed by atoms with Crippen LogP contribution in [0.2, 0.25) is 0 Å². The van der Waals surface area contributed by atoms with Gasteiger partial charge in [-0.3, -0.25) is 4.79 Å². The molecule has 2 N–H and O–H groups in total. The average molecular weight is 402 g/mol. The van der Waals surface area contributed by atoms with Crippen LogP contribution in [0.1, 0.15) is 11.1 Å². The first-order valence-corrected chi connectivity index (χ1v) is 9.43. The minimum Gasteiger partial charge on any atom is -0.497 e. The lowest BCUT2D eigenvalue weighted by atomic mass is 9.99. The number of anilines is 2. The normalized spacial score (nSPS) is 13.9. The van der Waals surface area contributed by atoms with Gasteiger partial charge in [-0.2, -0.15) is 0 Å². The Hall–Kier alpha value is -3.93. The monoisotopic (exact) mass is 402 g/mol. The summed E-state index contributed by atoms with van der Waals surface area (Å²) in [5, 5.41) is 6.35. The number of carbonyl (C=O) groups is 1. The number of ether oxygens (including phenoxy) is 3. The summed E-state index contributed by atoms with van der Waals surface area (Å²) in [6.45, 7) is 0. The van der Waals surface area contributed by atoms with E-state index in [0.717, 1.165) is 22.6 Å². The Morgan fingerprint density at radius 2 is 1.50 bits per heavy atom. The molecule has 0 atom stereocenters. The summed E-state index contributed by atoms with van der Waals surface area (Å²) in [6.07, 6.45) is 0. The molecule has 0 fully saturated rings. The van der Waals surface area contributed by atoms with E-state index in [-0.39, 0.29) is 5.91 Å². The average Bonchev–Trinajstić information content (AvgIpc) is 3.11. The van der Waals surface area contributed by atoms with E-state index in [0.29, 0.717) is 28.5 Å². The Morgan fingerprint density at radius 3 is 2.13 bits per heavy atom. The first kappa shape index (κ1) is 19.4. The number of hydrogen-bond donors (Lipinski definition) is 2. The van der Waals surface area contributed by atoms with E-state index in [1.807, 2.05) is 60.7 Å². The second-order valence-electron chi connectivity index (χ2n) is 6.68. The molecule has 30 heavy (non-hydrogen) atoms. The van der Waals surface area contributed by atoms with Crippen molar-refractivity contribution in [1.29, 1.82) is 0 Å². The molecule has 0 unspecified atom stereocenters. The molecule has 6 nitrogen and oxygen atoms in total. The van der Waals surface area contributed by atoms with Crippen LogP contribution in [0.3, 0.4) is 0 Å². The third kappa shape index (κ3) is 3.55. The van der Waals surface area contributed by atoms with Gasteiger partial charge in [0.15, 0.2) is 11.5 Å². The molecule has 3 aromatic rings. The molecule has 0 aromatic heterocycles. The standard InChI is InChI=1S/C24H22N2O4/c1-28-17-11-9-16(10-12-17)25-23(15-7-5-4-6-8-15)22-18-13-20(29-2)21(30-3)14-19(18)26-24(22)27/h4-14,25H,1-3H3,(H,26,27)/b23-22-. The van der Waals surface area contributed by atoms with Crippen molar-refractivity contribution in [1.82, 2.24) is 0 Å². The van der Waals surface area contributed by atoms with Crippen molar-refractivity contribution in [2.75, 3.05) is 32.0 Å². The van der Waals surface area contributed by atoms with Crippen LogP contribution in [0.25, 0.3) is 11.3 Å². The summed E-state index contributed by atoms with van der Waals surface area (Å²) in [5.74, 6) is 1.68. The summed E-state index contributed by atoms with van der Waals surface area (Å²) in [6, 6.07) is 20.9. The van der Waals surface area contributed by atoms with Crippen LogP contribution < -0.4 is 24.8 Å². The number of benzene rings is 3. The molecule has 1 aliphatic rings. The van der Waals surface area contributed by atoms with Crippen LogP contribution in [0, 0.1) is 0 Å². The van der Waals surface area contributed by atoms with Gasteiger partial charge in [-0.1, -0.05) is 30.3 Å². The first-order valence-electron chi connectivity index (χ1n) is 9.43. The smallest absolute Gasteiger partial charge is 0.258 e. The van der Waals surface area contributed by atoms with E-state index in [1.165, 1.54) is 0 Å². The minimum atomic E-state index is -0.194. The van der Waals surface area contributed by atoms with Gasteiger partial charge >= 0.3 is 0 Å². The number of fused-ring (bicyclic) bond motifs is 1. The van der Waals surface area contributed by atoms with Crippen molar-refractivity contribution in [3.8, 4) is 17.2 Å². The second-order valence-corrected chi connectivity index (χ2v) is 6.68. The molecule has 0 saturated carbocycles. The molecule has 0 radical (unpaired) electrons. The maximum atomic E-state index is 13.0. The molecule has 6 heteroatoms. The predicted molar refractivity (Wildman–Crippen MR) is 118 cm³/mol. The fraction of sp³-hybridized carbons (Fsp3) is 0.125. The highest BCUT2D eigenvalue weighted by atomic mass is 16.5. The SMILES string of the molecule is COc1ccc(N/C(=C2\C(=O)Nc3cc(OC)c(OC)cc32)c2ccccc2)cc1. The van der Waals surface area contributed by atoms with Gasteiger partial charge in [-0.25, -0.2) is 0 Å². The van der Waals surface area contributed by atoms with Crippen molar-refractivity contribution >= 4 is 28.6 Å². The fourth-order valence-electron chi connectivity index (χ4n) is 3.45. The van der Waals surface area contributed by atoms with Gasteiger partial charge < -0.3 is 24.8 Å². The molecule has 1 amide bonds. The Morgan fingerprint density at radius 1 is 0.833 bits per heavy atom. The van der Waals surface area contributed by atoms with E-state index >= 15 is 0 Å². The van der Waals surface area contributed by atoms with E-state index in [4.69, 9.17) is 14.2 Å². The Balaban J connectivity index is 1.89. The highest BCUT2D eigenvalue weighted by Gasteiger charge is 2.30. The van der Waals surface area contributed by atoms with Gasteiger partial charge in [0.1, 0.15) is 5.75 Å². The maximum Gasteiger partial charge on any atom is 0.258 e. The fourth-order valence-corrected chi connectivity index (χ4v) is 3.45. The van der Waals surface area contributed by atoms with Gasteiger partial charge in [-0.05, 0) is 35.9 Å². The number of methoxy groups -OCH3 is 3. The Bertz CT molecular complexity index is 1110. The Kier molecular flexibility index (Phi) is 5.30. The number of amides is 1. The molecule has 1 aliphatic heterocycles. The Labute approximate surface area is 175 Å². The summed E-state index contributed by atoms with van der Waals surface area (Å²) in [4.78, 5) is 13.0. The van der Waals surface area contributed by atoms with E-state index in [9.17, 15) is 4.79 Å². The molecular formula is C24H22N2O4. The molecule has 0 spiro atoms. The van der Waals surface area contributed by atoms with Crippen molar-refractivity contribution in [2.45, 2.75) is 0 Å². The maximum absolute atomic E-state index is 13.0. The molecule has 4 rings (SSSR count). The van der Waals surface area contributed by atoms with Gasteiger partial charge in [0.25, 0.3) is 5.91 Å². The van der Waals surface area contributed by atoms with Crippen molar-refractivity contribution in [3.63, 3.8) is 0 Å². The van der Waals surface area contributed by atoms with Gasteiger partial charge in [0.2, 0.25) is 0 Å². The molecular weight excluding hydrogens is 380 g/mol. The van der Waals surface area contributed by atoms with Crippen LogP contribution in [0.4, 0.5) is 11.4 Å². The van der Waals surface area contributed by atoms with Crippen LogP contribution >= 0.6 is 0 Å². The van der Waals surface area contributed by atoms with Gasteiger partial charge in [-0.15, -0.1) is 0 Å². The molecule has 0 bridgehead atoms. The number of rotatable bonds is 6. The summed E-state index contributed by atoms with van der Waals surface area (Å²) in [7, 11) is 4.77. The lowest BCUT2D eigenvalue weighted by molar-refractivity contribution is -0.110. The third-order valence-corrected chi connectivity index (χ3v) is 4.94. The lowest BCUT2D eigenvalue weighted by Crippen LogP contribution is -2.10. The number of carbonyl (C=O) groups excluding carboxylic acids is 1. The van der Waals surface area contributed by atoms with Crippen molar-refractivity contribution in [2.24, 2.45) is 0 Å². The van der Waals surface area contributed by atoms with E-state index < -0.39 is 0 Å². The molecule has 3 aromatic carbocycles. The summed E-state index contributed by atoms with van der Waals surface area (Å²) >= 11 is 0. The van der Waals surface area contributed by atoms with Gasteiger partial charge in [0.05, 0.1) is 38.3 Å². The second kappa shape index (κ2) is 8.21. The first-order chi connectivity index (χ1) is 14.6. The molecule has 1 heterocycles. The lowest BCUT2D eigenvalue weighted by Gasteiger charge is -2.15. The highest BCUT2D eigenvalue weighted by molar-refractivity contribution is 6.37. The summed E-state index contributed by atoms with van der Waals surface area (Å²) in [5.41, 5.74) is 4.39. The van der Waals surface area contributed by atoms with Crippen LogP contribution in [0.15, 0.2) is 66.7 Å². The molecule has 0 saturated heterocycles. The number of nitrogens with one attached hydrogen (secondary N) is 2. The largest absolute Gasteiger partial charge is 0.497 e. The van der Waals surface area contributed by atoms with Crippen molar-refractivity contribution < 1.29 is 19.0 Å². The summed E-state index contributed by atoms with van der Waals surface area (Å²) < 4.78 is 16.1. The zero-order valence-corrected chi connectivity index (χ0v) is 17.0. The van der Waals surface area contributed by atoms with Crippen LogP contribution in [-0.2, 0) is 4.79 Å². The van der Waals surface area contributed by atoms with E-state index in [2.05, 4.69) is 10.6 Å². The van der Waals surface area contributed by atoms with Crippen molar-refractivity contribution in [3.05, 3.63) is 77.9 Å². The zero-order valence-electron chi connectivity index (χ0n) is 17.0. The highest BCUT2D eigenvalue weighted by Crippen LogP contribution is 2.43. The molecule has 152 valence electrons. The zero-order chi connectivity index (χ0) is 21.1. The predicted octanol–water partition coefficient (Wildman–Crippen LogP) is 4.64. The van der Waals surface area contributed by atoms with Crippen LogP contribution in [0.5, 0.6) is 17.2 Å². The minimum absolute atomic E-state index is 0.194. The van der Waals surface area contributed by atoms with E-state index in [1.54, 1.807) is 27.4 Å².